The molecule has 0 heterocycles. The largest absolute Gasteiger partial charge is 0.489 e. The van der Waals surface area contributed by atoms with E-state index in [9.17, 15) is 18.0 Å². The molecular formula is C29H35N3O5S. The number of rotatable bonds is 12. The fraction of sp³-hybridized carbons (Fsp3) is 0.310. The molecule has 3 rings (SSSR count). The van der Waals surface area contributed by atoms with E-state index in [1.54, 1.807) is 31.2 Å². The third-order valence-electron chi connectivity index (χ3n) is 5.85. The van der Waals surface area contributed by atoms with Gasteiger partial charge in [-0.15, -0.1) is 0 Å². The molecule has 0 saturated heterocycles. The van der Waals surface area contributed by atoms with Crippen molar-refractivity contribution in [1.29, 1.82) is 0 Å². The van der Waals surface area contributed by atoms with Crippen LogP contribution in [0.1, 0.15) is 31.9 Å². The van der Waals surface area contributed by atoms with Gasteiger partial charge >= 0.3 is 0 Å². The molecule has 1 unspecified atom stereocenters. The van der Waals surface area contributed by atoms with E-state index in [1.165, 1.54) is 4.90 Å². The second-order valence-electron chi connectivity index (χ2n) is 9.38. The second-order valence-corrected chi connectivity index (χ2v) is 11.3. The summed E-state index contributed by atoms with van der Waals surface area (Å²) in [5, 5.41) is 2.83. The van der Waals surface area contributed by atoms with Gasteiger partial charge in [-0.2, -0.15) is 0 Å². The van der Waals surface area contributed by atoms with Crippen LogP contribution in [0.5, 0.6) is 5.75 Å². The van der Waals surface area contributed by atoms with Crippen molar-refractivity contribution in [2.24, 2.45) is 0 Å². The highest BCUT2D eigenvalue weighted by molar-refractivity contribution is 7.92. The van der Waals surface area contributed by atoms with Crippen LogP contribution in [0.2, 0.25) is 0 Å². The van der Waals surface area contributed by atoms with E-state index in [1.807, 2.05) is 74.5 Å². The summed E-state index contributed by atoms with van der Waals surface area (Å²) in [4.78, 5) is 27.7. The van der Waals surface area contributed by atoms with Gasteiger partial charge < -0.3 is 15.0 Å². The molecule has 1 atom stereocenters. The van der Waals surface area contributed by atoms with Crippen LogP contribution < -0.4 is 14.4 Å². The Hall–Kier alpha value is -3.85. The number of amides is 2. The predicted octanol–water partition coefficient (Wildman–Crippen LogP) is 3.97. The molecule has 0 saturated carbocycles. The van der Waals surface area contributed by atoms with Crippen molar-refractivity contribution in [2.45, 2.75) is 46.0 Å². The molecule has 0 aliphatic carbocycles. The first-order valence-corrected chi connectivity index (χ1v) is 14.3. The number of ether oxygens (including phenoxy) is 1. The van der Waals surface area contributed by atoms with Crippen LogP contribution in [0.4, 0.5) is 5.69 Å². The summed E-state index contributed by atoms with van der Waals surface area (Å²) in [6.07, 6.45) is 1.05. The Balaban J connectivity index is 1.80. The van der Waals surface area contributed by atoms with Gasteiger partial charge in [-0.3, -0.25) is 13.9 Å². The summed E-state index contributed by atoms with van der Waals surface area (Å²) in [6.45, 7) is 5.41. The van der Waals surface area contributed by atoms with Gasteiger partial charge in [-0.25, -0.2) is 8.42 Å². The molecule has 38 heavy (non-hydrogen) atoms. The first kappa shape index (κ1) is 28.7. The van der Waals surface area contributed by atoms with Crippen molar-refractivity contribution in [1.82, 2.24) is 10.2 Å². The number of carbonyl (C=O) groups is 2. The van der Waals surface area contributed by atoms with E-state index in [2.05, 4.69) is 5.32 Å². The number of nitrogens with zero attached hydrogens (tertiary/aromatic N) is 2. The van der Waals surface area contributed by atoms with E-state index in [0.29, 0.717) is 18.0 Å². The molecule has 1 N–H and O–H groups in total. The quantitative estimate of drug-likeness (QED) is 0.377. The molecule has 2 amide bonds. The third-order valence-corrected chi connectivity index (χ3v) is 6.99. The summed E-state index contributed by atoms with van der Waals surface area (Å²) in [5.74, 6) is -0.229. The molecule has 0 aromatic heterocycles. The van der Waals surface area contributed by atoms with Crippen LogP contribution in [0.3, 0.4) is 0 Å². The molecule has 0 spiro atoms. The van der Waals surface area contributed by atoms with Gasteiger partial charge in [0, 0.05) is 12.6 Å². The minimum atomic E-state index is -3.81. The number of nitrogens with one attached hydrogen (secondary N) is 1. The molecule has 8 nitrogen and oxygen atoms in total. The minimum absolute atomic E-state index is 0.103. The maximum atomic E-state index is 13.6. The van der Waals surface area contributed by atoms with Gasteiger partial charge in [0.05, 0.1) is 11.9 Å². The number of hydrogen-bond acceptors (Lipinski definition) is 5. The summed E-state index contributed by atoms with van der Waals surface area (Å²) < 4.78 is 32.3. The molecule has 0 fully saturated rings. The Labute approximate surface area is 225 Å². The van der Waals surface area contributed by atoms with Crippen molar-refractivity contribution >= 4 is 27.5 Å². The Bertz CT molecular complexity index is 1300. The Morgan fingerprint density at radius 2 is 1.39 bits per heavy atom. The lowest BCUT2D eigenvalue weighted by atomic mass is 10.1. The van der Waals surface area contributed by atoms with E-state index in [-0.39, 0.29) is 18.5 Å². The maximum Gasteiger partial charge on any atom is 0.244 e. The van der Waals surface area contributed by atoms with Crippen LogP contribution in [-0.2, 0) is 32.8 Å². The standard InChI is InChI=1S/C29H35N3O5S/c1-22(2)30-29(34)23(3)31(19-24-11-7-5-8-12-24)28(33)20-32(38(4,35)36)26-15-17-27(18-16-26)37-21-25-13-9-6-10-14-25/h5-18,22-23H,19-21H2,1-4H3,(H,30,34). The first-order valence-electron chi connectivity index (χ1n) is 12.4. The molecular weight excluding hydrogens is 502 g/mol. The lowest BCUT2D eigenvalue weighted by Crippen LogP contribution is -2.52. The van der Waals surface area contributed by atoms with E-state index >= 15 is 0 Å². The smallest absolute Gasteiger partial charge is 0.244 e. The Morgan fingerprint density at radius 3 is 1.92 bits per heavy atom. The van der Waals surface area contributed by atoms with Crippen molar-refractivity contribution in [3.8, 4) is 5.75 Å². The first-order chi connectivity index (χ1) is 18.0. The highest BCUT2D eigenvalue weighted by atomic mass is 32.2. The average molecular weight is 538 g/mol. The van der Waals surface area contributed by atoms with Crippen molar-refractivity contribution in [3.05, 3.63) is 96.1 Å². The normalized spacial score (nSPS) is 12.0. The summed E-state index contributed by atoms with van der Waals surface area (Å²) in [6, 6.07) is 24.6. The van der Waals surface area contributed by atoms with Crippen LogP contribution >= 0.6 is 0 Å². The number of sulfonamides is 1. The highest BCUT2D eigenvalue weighted by Crippen LogP contribution is 2.23. The second kappa shape index (κ2) is 13.1. The number of hydrogen-bond donors (Lipinski definition) is 1. The van der Waals surface area contributed by atoms with Gasteiger partial charge in [0.25, 0.3) is 0 Å². The maximum absolute atomic E-state index is 13.6. The molecule has 202 valence electrons. The van der Waals surface area contributed by atoms with Gasteiger partial charge in [-0.1, -0.05) is 60.7 Å². The lowest BCUT2D eigenvalue weighted by molar-refractivity contribution is -0.139. The van der Waals surface area contributed by atoms with Crippen LogP contribution in [0.15, 0.2) is 84.9 Å². The molecule has 0 aliphatic rings. The fourth-order valence-corrected chi connectivity index (χ4v) is 4.68. The molecule has 0 aliphatic heterocycles. The molecule has 9 heteroatoms. The highest BCUT2D eigenvalue weighted by Gasteiger charge is 2.30. The number of anilines is 1. The van der Waals surface area contributed by atoms with Crippen molar-refractivity contribution in [2.75, 3.05) is 17.1 Å². The van der Waals surface area contributed by atoms with Crippen molar-refractivity contribution < 1.29 is 22.7 Å². The monoisotopic (exact) mass is 537 g/mol. The Kier molecular flexibility index (Phi) is 9.90. The summed E-state index contributed by atoms with van der Waals surface area (Å²) >= 11 is 0. The molecule has 3 aromatic carbocycles. The number of carbonyl (C=O) groups excluding carboxylic acids is 2. The van der Waals surface area contributed by atoms with Crippen LogP contribution in [-0.4, -0.2) is 50.0 Å². The molecule has 0 bridgehead atoms. The van der Waals surface area contributed by atoms with E-state index in [4.69, 9.17) is 4.74 Å². The van der Waals surface area contributed by atoms with Gasteiger partial charge in [0.1, 0.15) is 24.9 Å². The zero-order valence-electron chi connectivity index (χ0n) is 22.2. The summed E-state index contributed by atoms with van der Waals surface area (Å²) in [5.41, 5.74) is 2.16. The summed E-state index contributed by atoms with van der Waals surface area (Å²) in [7, 11) is -3.81. The van der Waals surface area contributed by atoms with Crippen molar-refractivity contribution in [3.63, 3.8) is 0 Å². The van der Waals surface area contributed by atoms with E-state index in [0.717, 1.165) is 21.7 Å². The topological polar surface area (TPSA) is 96.0 Å². The van der Waals surface area contributed by atoms with Gasteiger partial charge in [0.2, 0.25) is 21.8 Å². The minimum Gasteiger partial charge on any atom is -0.489 e. The Morgan fingerprint density at radius 1 is 0.842 bits per heavy atom. The zero-order chi connectivity index (χ0) is 27.7. The van der Waals surface area contributed by atoms with Gasteiger partial charge in [0.15, 0.2) is 0 Å². The van der Waals surface area contributed by atoms with Crippen LogP contribution in [0, 0.1) is 0 Å². The molecule has 3 aromatic rings. The zero-order valence-corrected chi connectivity index (χ0v) is 23.0. The average Bonchev–Trinajstić information content (AvgIpc) is 2.89. The third kappa shape index (κ3) is 8.34. The molecule has 0 radical (unpaired) electrons. The fourth-order valence-electron chi connectivity index (χ4n) is 3.83. The van der Waals surface area contributed by atoms with Crippen LogP contribution in [0.25, 0.3) is 0 Å². The lowest BCUT2D eigenvalue weighted by Gasteiger charge is -2.32. The SMILES string of the molecule is CC(C)NC(=O)C(C)N(Cc1ccccc1)C(=O)CN(c1ccc(OCc2ccccc2)cc1)S(C)(=O)=O. The predicted molar refractivity (Wildman–Crippen MR) is 149 cm³/mol. The van der Waals surface area contributed by atoms with E-state index < -0.39 is 28.5 Å². The number of benzene rings is 3. The van der Waals surface area contributed by atoms with Gasteiger partial charge in [-0.05, 0) is 56.2 Å².